The van der Waals surface area contributed by atoms with E-state index in [-0.39, 0.29) is 27.3 Å². The van der Waals surface area contributed by atoms with Gasteiger partial charge in [0, 0.05) is 18.2 Å². The monoisotopic (exact) mass is 349 g/mol. The van der Waals surface area contributed by atoms with Gasteiger partial charge in [-0.1, -0.05) is 23.7 Å². The second-order valence-corrected chi connectivity index (χ2v) is 5.07. The molecular formula is C13H8BrClF3N. The first-order chi connectivity index (χ1) is 8.99. The lowest BCUT2D eigenvalue weighted by atomic mass is 10.2. The van der Waals surface area contributed by atoms with E-state index in [4.69, 9.17) is 11.6 Å². The van der Waals surface area contributed by atoms with Crippen LogP contribution in [0.4, 0.5) is 18.9 Å². The normalized spacial score (nSPS) is 10.6. The van der Waals surface area contributed by atoms with Crippen LogP contribution in [0.25, 0.3) is 0 Å². The van der Waals surface area contributed by atoms with Crippen LogP contribution in [0.1, 0.15) is 5.56 Å². The van der Waals surface area contributed by atoms with Crippen LogP contribution >= 0.6 is 27.5 Å². The number of halogens is 5. The Bertz CT molecular complexity index is 619. The highest BCUT2D eigenvalue weighted by Gasteiger charge is 2.10. The van der Waals surface area contributed by atoms with Gasteiger partial charge in [-0.05, 0) is 28.1 Å². The zero-order valence-electron chi connectivity index (χ0n) is 9.48. The lowest BCUT2D eigenvalue weighted by Gasteiger charge is -2.10. The molecule has 0 aliphatic carbocycles. The van der Waals surface area contributed by atoms with E-state index in [9.17, 15) is 13.2 Å². The van der Waals surface area contributed by atoms with Crippen molar-refractivity contribution >= 4 is 33.2 Å². The average molecular weight is 351 g/mol. The van der Waals surface area contributed by atoms with Crippen LogP contribution in [0.15, 0.2) is 34.8 Å². The Kier molecular flexibility index (Phi) is 4.37. The van der Waals surface area contributed by atoms with E-state index >= 15 is 0 Å². The summed E-state index contributed by atoms with van der Waals surface area (Å²) in [7, 11) is 0. The maximum atomic E-state index is 13.6. The van der Waals surface area contributed by atoms with E-state index in [1.807, 2.05) is 0 Å². The van der Waals surface area contributed by atoms with Gasteiger partial charge >= 0.3 is 0 Å². The zero-order valence-corrected chi connectivity index (χ0v) is 11.8. The number of rotatable bonds is 3. The van der Waals surface area contributed by atoms with E-state index in [1.54, 1.807) is 6.07 Å². The lowest BCUT2D eigenvalue weighted by molar-refractivity contribution is 0.595. The minimum atomic E-state index is -0.629. The summed E-state index contributed by atoms with van der Waals surface area (Å²) in [6.07, 6.45) is 0. The molecule has 2 rings (SSSR count). The first-order valence-electron chi connectivity index (χ1n) is 5.30. The van der Waals surface area contributed by atoms with Crippen LogP contribution in [0.5, 0.6) is 0 Å². The topological polar surface area (TPSA) is 12.0 Å². The maximum Gasteiger partial charge on any atom is 0.147 e. The van der Waals surface area contributed by atoms with Crippen LogP contribution in [0.2, 0.25) is 5.02 Å². The molecule has 0 spiro atoms. The van der Waals surface area contributed by atoms with E-state index in [0.717, 1.165) is 12.1 Å². The summed E-state index contributed by atoms with van der Waals surface area (Å²) in [6, 6.07) is 6.52. The van der Waals surface area contributed by atoms with Crippen molar-refractivity contribution in [2.45, 2.75) is 6.54 Å². The van der Waals surface area contributed by atoms with Crippen molar-refractivity contribution in [2.24, 2.45) is 0 Å². The SMILES string of the molecule is Fc1cc(NCc2cccc(Cl)c2F)c(F)cc1Br. The van der Waals surface area contributed by atoms with Gasteiger partial charge in [-0.25, -0.2) is 13.2 Å². The van der Waals surface area contributed by atoms with Gasteiger partial charge in [0.1, 0.15) is 17.5 Å². The fourth-order valence-electron chi connectivity index (χ4n) is 1.53. The maximum absolute atomic E-state index is 13.6. The Balaban J connectivity index is 2.19. The third kappa shape index (κ3) is 3.22. The van der Waals surface area contributed by atoms with Crippen molar-refractivity contribution in [3.8, 4) is 0 Å². The Labute approximate surface area is 121 Å². The number of benzene rings is 2. The minimum absolute atomic E-state index is 0.00435. The molecule has 1 N–H and O–H groups in total. The summed E-state index contributed by atoms with van der Waals surface area (Å²) in [5.74, 6) is -1.80. The summed E-state index contributed by atoms with van der Waals surface area (Å²) in [5.41, 5.74) is 0.232. The summed E-state index contributed by atoms with van der Waals surface area (Å²) < 4.78 is 40.4. The highest BCUT2D eigenvalue weighted by Crippen LogP contribution is 2.24. The quantitative estimate of drug-likeness (QED) is 0.757. The van der Waals surface area contributed by atoms with Gasteiger partial charge in [0.15, 0.2) is 0 Å². The van der Waals surface area contributed by atoms with Gasteiger partial charge in [0.25, 0.3) is 0 Å². The molecule has 0 aliphatic heterocycles. The van der Waals surface area contributed by atoms with Gasteiger partial charge in [-0.3, -0.25) is 0 Å². The Morgan fingerprint density at radius 2 is 1.84 bits per heavy atom. The van der Waals surface area contributed by atoms with Crippen molar-refractivity contribution in [3.05, 3.63) is 62.8 Å². The van der Waals surface area contributed by atoms with Gasteiger partial charge in [0.2, 0.25) is 0 Å². The van der Waals surface area contributed by atoms with Crippen LogP contribution in [-0.2, 0) is 6.54 Å². The highest BCUT2D eigenvalue weighted by molar-refractivity contribution is 9.10. The molecule has 0 atom stereocenters. The highest BCUT2D eigenvalue weighted by atomic mass is 79.9. The first kappa shape index (κ1) is 14.2. The second-order valence-electron chi connectivity index (χ2n) is 3.81. The third-order valence-electron chi connectivity index (χ3n) is 2.51. The molecular weight excluding hydrogens is 343 g/mol. The van der Waals surface area contributed by atoms with Crippen molar-refractivity contribution in [1.82, 2.24) is 0 Å². The van der Waals surface area contributed by atoms with E-state index in [0.29, 0.717) is 0 Å². The average Bonchev–Trinajstić information content (AvgIpc) is 2.37. The summed E-state index contributed by atoms with van der Waals surface area (Å²) in [5, 5.41) is 2.62. The molecule has 100 valence electrons. The summed E-state index contributed by atoms with van der Waals surface area (Å²) >= 11 is 8.51. The molecule has 0 heterocycles. The molecule has 0 fully saturated rings. The van der Waals surface area contributed by atoms with Crippen LogP contribution < -0.4 is 5.32 Å². The molecule has 6 heteroatoms. The number of anilines is 1. The van der Waals surface area contributed by atoms with Crippen molar-refractivity contribution in [1.29, 1.82) is 0 Å². The van der Waals surface area contributed by atoms with E-state index in [2.05, 4.69) is 21.2 Å². The standard InChI is InChI=1S/C13H8BrClF3N/c14-8-4-11(17)12(5-10(8)16)19-6-7-2-1-3-9(15)13(7)18/h1-5,19H,6H2. The van der Waals surface area contributed by atoms with Crippen LogP contribution in [0, 0.1) is 17.5 Å². The number of nitrogens with one attached hydrogen (secondary N) is 1. The number of hydrogen-bond acceptors (Lipinski definition) is 1. The smallest absolute Gasteiger partial charge is 0.147 e. The Morgan fingerprint density at radius 3 is 2.58 bits per heavy atom. The largest absolute Gasteiger partial charge is 0.378 e. The molecule has 0 saturated carbocycles. The molecule has 0 saturated heterocycles. The van der Waals surface area contributed by atoms with Gasteiger partial charge in [0.05, 0.1) is 15.2 Å². The molecule has 0 amide bonds. The first-order valence-corrected chi connectivity index (χ1v) is 6.47. The van der Waals surface area contributed by atoms with Gasteiger partial charge < -0.3 is 5.32 Å². The molecule has 2 aromatic carbocycles. The van der Waals surface area contributed by atoms with Gasteiger partial charge in [-0.2, -0.15) is 0 Å². The van der Waals surface area contributed by atoms with Crippen molar-refractivity contribution in [3.63, 3.8) is 0 Å². The predicted octanol–water partition coefficient (Wildman–Crippen LogP) is 5.13. The third-order valence-corrected chi connectivity index (χ3v) is 3.41. The molecule has 0 aromatic heterocycles. The molecule has 0 bridgehead atoms. The summed E-state index contributed by atoms with van der Waals surface area (Å²) in [6.45, 7) is 0.00435. The molecule has 2 aromatic rings. The molecule has 0 aliphatic rings. The summed E-state index contributed by atoms with van der Waals surface area (Å²) in [4.78, 5) is 0. The van der Waals surface area contributed by atoms with E-state index < -0.39 is 17.5 Å². The van der Waals surface area contributed by atoms with Crippen LogP contribution in [0.3, 0.4) is 0 Å². The Morgan fingerprint density at radius 1 is 1.11 bits per heavy atom. The predicted molar refractivity (Wildman–Crippen MR) is 72.8 cm³/mol. The number of hydrogen-bond donors (Lipinski definition) is 1. The van der Waals surface area contributed by atoms with Gasteiger partial charge in [-0.15, -0.1) is 0 Å². The lowest BCUT2D eigenvalue weighted by Crippen LogP contribution is -2.04. The fraction of sp³-hybridized carbons (Fsp3) is 0.0769. The fourth-order valence-corrected chi connectivity index (χ4v) is 2.04. The molecule has 0 unspecified atom stereocenters. The van der Waals surface area contributed by atoms with Crippen molar-refractivity contribution in [2.75, 3.05) is 5.32 Å². The zero-order chi connectivity index (χ0) is 14.0. The minimum Gasteiger partial charge on any atom is -0.378 e. The molecule has 0 radical (unpaired) electrons. The molecule has 1 nitrogen and oxygen atoms in total. The second kappa shape index (κ2) is 5.84. The molecule has 19 heavy (non-hydrogen) atoms. The van der Waals surface area contributed by atoms with Crippen molar-refractivity contribution < 1.29 is 13.2 Å². The Hall–Kier alpha value is -1.20. The van der Waals surface area contributed by atoms with Crippen LogP contribution in [-0.4, -0.2) is 0 Å². The van der Waals surface area contributed by atoms with E-state index in [1.165, 1.54) is 12.1 Å².